The average molecular weight is 346 g/mol. The zero-order valence-electron chi connectivity index (χ0n) is 13.2. The number of rotatable bonds is 4. The highest BCUT2D eigenvalue weighted by Crippen LogP contribution is 2.23. The van der Waals surface area contributed by atoms with E-state index in [1.807, 2.05) is 64.8 Å². The highest BCUT2D eigenvalue weighted by Gasteiger charge is 2.10. The molecular formula is C19H14N4OS. The maximum atomic E-state index is 12.4. The van der Waals surface area contributed by atoms with Gasteiger partial charge in [-0.3, -0.25) is 15.1 Å². The summed E-state index contributed by atoms with van der Waals surface area (Å²) in [5.74, 6) is -0.180. The number of benzene rings is 1. The van der Waals surface area contributed by atoms with Crippen LogP contribution in [0.2, 0.25) is 0 Å². The molecule has 6 heteroatoms. The van der Waals surface area contributed by atoms with Crippen molar-refractivity contribution < 1.29 is 4.79 Å². The van der Waals surface area contributed by atoms with Crippen LogP contribution < -0.4 is 5.32 Å². The lowest BCUT2D eigenvalue weighted by atomic mass is 10.2. The van der Waals surface area contributed by atoms with Gasteiger partial charge in [0.05, 0.1) is 5.69 Å². The topological polar surface area (TPSA) is 59.8 Å². The molecule has 0 unspecified atom stereocenters. The van der Waals surface area contributed by atoms with E-state index in [1.165, 1.54) is 11.3 Å². The van der Waals surface area contributed by atoms with Gasteiger partial charge in [0.25, 0.3) is 5.91 Å². The number of anilines is 1. The first-order chi connectivity index (χ1) is 12.3. The highest BCUT2D eigenvalue weighted by atomic mass is 32.1. The molecule has 0 saturated heterocycles. The zero-order chi connectivity index (χ0) is 17.1. The molecule has 0 bridgehead atoms. The number of carbonyl (C=O) groups is 1. The molecule has 5 nitrogen and oxygen atoms in total. The molecule has 0 aliphatic carbocycles. The summed E-state index contributed by atoms with van der Waals surface area (Å²) in [5.41, 5.74) is 3.14. The molecule has 1 amide bonds. The van der Waals surface area contributed by atoms with Gasteiger partial charge in [0.2, 0.25) is 0 Å². The molecule has 4 rings (SSSR count). The molecule has 3 aromatic heterocycles. The maximum absolute atomic E-state index is 12.4. The van der Waals surface area contributed by atoms with Gasteiger partial charge in [0.1, 0.15) is 5.69 Å². The molecule has 3 heterocycles. The molecule has 0 spiro atoms. The minimum absolute atomic E-state index is 0.180. The fourth-order valence-electron chi connectivity index (χ4n) is 2.42. The summed E-state index contributed by atoms with van der Waals surface area (Å²) in [6.07, 6.45) is 5.65. The lowest BCUT2D eigenvalue weighted by molar-refractivity contribution is 0.102. The Morgan fingerprint density at radius 2 is 1.76 bits per heavy atom. The van der Waals surface area contributed by atoms with Crippen molar-refractivity contribution in [3.8, 4) is 17.1 Å². The van der Waals surface area contributed by atoms with Crippen molar-refractivity contribution in [1.29, 1.82) is 0 Å². The Kier molecular flexibility index (Phi) is 4.10. The Morgan fingerprint density at radius 1 is 0.960 bits per heavy atom. The Labute approximate surface area is 148 Å². The van der Waals surface area contributed by atoms with E-state index in [1.54, 1.807) is 18.3 Å². The van der Waals surface area contributed by atoms with E-state index < -0.39 is 0 Å². The number of aromatic nitrogens is 3. The molecule has 0 fully saturated rings. The van der Waals surface area contributed by atoms with E-state index in [4.69, 9.17) is 0 Å². The third kappa shape index (κ3) is 3.34. The summed E-state index contributed by atoms with van der Waals surface area (Å²) >= 11 is 1.38. The van der Waals surface area contributed by atoms with Crippen LogP contribution >= 0.6 is 11.3 Å². The van der Waals surface area contributed by atoms with Crippen LogP contribution in [0, 0.1) is 0 Å². The van der Waals surface area contributed by atoms with Crippen LogP contribution in [0.5, 0.6) is 0 Å². The lowest BCUT2D eigenvalue weighted by Crippen LogP contribution is -2.11. The molecule has 0 saturated carbocycles. The summed E-state index contributed by atoms with van der Waals surface area (Å²) in [6.45, 7) is 0. The predicted octanol–water partition coefficient (Wildman–Crippen LogP) is 4.25. The van der Waals surface area contributed by atoms with Crippen molar-refractivity contribution in [1.82, 2.24) is 14.5 Å². The van der Waals surface area contributed by atoms with Crippen molar-refractivity contribution >= 4 is 22.4 Å². The van der Waals surface area contributed by atoms with Crippen LogP contribution in [0.1, 0.15) is 10.4 Å². The Balaban J connectivity index is 1.48. The smallest absolute Gasteiger partial charge is 0.257 e. The number of nitrogens with zero attached hydrogens (tertiary/aromatic N) is 3. The maximum Gasteiger partial charge on any atom is 0.257 e. The first-order valence-corrected chi connectivity index (χ1v) is 8.59. The van der Waals surface area contributed by atoms with Crippen molar-refractivity contribution in [2.45, 2.75) is 0 Å². The van der Waals surface area contributed by atoms with Gasteiger partial charge in [0.15, 0.2) is 5.13 Å². The molecule has 122 valence electrons. The summed E-state index contributed by atoms with van der Waals surface area (Å²) in [5, 5.41) is 5.27. The summed E-state index contributed by atoms with van der Waals surface area (Å²) in [6, 6.07) is 17.0. The summed E-state index contributed by atoms with van der Waals surface area (Å²) in [4.78, 5) is 21.1. The van der Waals surface area contributed by atoms with E-state index in [-0.39, 0.29) is 5.91 Å². The minimum Gasteiger partial charge on any atom is -0.324 e. The van der Waals surface area contributed by atoms with Gasteiger partial charge in [-0.25, -0.2) is 4.98 Å². The first kappa shape index (κ1) is 15.3. The Morgan fingerprint density at radius 3 is 2.48 bits per heavy atom. The SMILES string of the molecule is O=C(Nc1nc(-c2ccccn2)cs1)c1ccc(-n2cccc2)cc1. The van der Waals surface area contributed by atoms with Gasteiger partial charge in [-0.05, 0) is 48.5 Å². The van der Waals surface area contributed by atoms with Crippen LogP contribution in [0.15, 0.2) is 78.6 Å². The van der Waals surface area contributed by atoms with Gasteiger partial charge in [-0.2, -0.15) is 0 Å². The number of pyridine rings is 1. The van der Waals surface area contributed by atoms with Gasteiger partial charge < -0.3 is 4.57 Å². The van der Waals surface area contributed by atoms with Crippen molar-refractivity contribution in [2.75, 3.05) is 5.32 Å². The number of nitrogens with one attached hydrogen (secondary N) is 1. The largest absolute Gasteiger partial charge is 0.324 e. The van der Waals surface area contributed by atoms with Crippen LogP contribution in [0.4, 0.5) is 5.13 Å². The summed E-state index contributed by atoms with van der Waals surface area (Å²) < 4.78 is 1.99. The fraction of sp³-hybridized carbons (Fsp3) is 0. The van der Waals surface area contributed by atoms with E-state index in [0.717, 1.165) is 17.1 Å². The van der Waals surface area contributed by atoms with E-state index >= 15 is 0 Å². The highest BCUT2D eigenvalue weighted by molar-refractivity contribution is 7.14. The first-order valence-electron chi connectivity index (χ1n) is 7.71. The summed E-state index contributed by atoms with van der Waals surface area (Å²) in [7, 11) is 0. The minimum atomic E-state index is -0.180. The third-order valence-electron chi connectivity index (χ3n) is 3.68. The Hall–Kier alpha value is -3.25. The monoisotopic (exact) mass is 346 g/mol. The fourth-order valence-corrected chi connectivity index (χ4v) is 3.12. The molecule has 25 heavy (non-hydrogen) atoms. The molecule has 4 aromatic rings. The van der Waals surface area contributed by atoms with Gasteiger partial charge >= 0.3 is 0 Å². The quantitative estimate of drug-likeness (QED) is 0.601. The third-order valence-corrected chi connectivity index (χ3v) is 4.44. The van der Waals surface area contributed by atoms with Gasteiger partial charge in [-0.15, -0.1) is 11.3 Å². The van der Waals surface area contributed by atoms with Crippen molar-refractivity contribution in [3.63, 3.8) is 0 Å². The zero-order valence-corrected chi connectivity index (χ0v) is 14.0. The predicted molar refractivity (Wildman–Crippen MR) is 99.1 cm³/mol. The molecule has 0 atom stereocenters. The van der Waals surface area contributed by atoms with Gasteiger partial charge in [-0.1, -0.05) is 6.07 Å². The van der Waals surface area contributed by atoms with Crippen molar-refractivity contribution in [3.05, 3.63) is 84.1 Å². The number of amides is 1. The number of hydrogen-bond donors (Lipinski definition) is 1. The Bertz CT molecular complexity index is 976. The molecule has 0 aliphatic heterocycles. The number of thiazole rings is 1. The van der Waals surface area contributed by atoms with E-state index in [9.17, 15) is 4.79 Å². The van der Waals surface area contributed by atoms with Gasteiger partial charge in [0, 0.05) is 35.2 Å². The molecular weight excluding hydrogens is 332 g/mol. The van der Waals surface area contributed by atoms with Crippen molar-refractivity contribution in [2.24, 2.45) is 0 Å². The van der Waals surface area contributed by atoms with Crippen LogP contribution in [-0.4, -0.2) is 20.4 Å². The second kappa shape index (κ2) is 6.70. The average Bonchev–Trinajstić information content (AvgIpc) is 3.35. The second-order valence-electron chi connectivity index (χ2n) is 5.34. The van der Waals surface area contributed by atoms with Crippen LogP contribution in [0.3, 0.4) is 0 Å². The number of carbonyl (C=O) groups excluding carboxylic acids is 1. The van der Waals surface area contributed by atoms with E-state index in [0.29, 0.717) is 10.7 Å². The second-order valence-corrected chi connectivity index (χ2v) is 6.20. The molecule has 0 aliphatic rings. The molecule has 1 N–H and O–H groups in total. The standard InChI is InChI=1S/C19H14N4OS/c24-18(14-6-8-15(9-7-14)23-11-3-4-12-23)22-19-21-17(13-25-19)16-5-1-2-10-20-16/h1-13H,(H,21,22,24). The van der Waals surface area contributed by atoms with E-state index in [2.05, 4.69) is 15.3 Å². The number of hydrogen-bond acceptors (Lipinski definition) is 4. The van der Waals surface area contributed by atoms with Crippen LogP contribution in [-0.2, 0) is 0 Å². The van der Waals surface area contributed by atoms with Crippen LogP contribution in [0.25, 0.3) is 17.1 Å². The molecule has 0 radical (unpaired) electrons. The molecule has 1 aromatic carbocycles. The normalized spacial score (nSPS) is 10.6. The lowest BCUT2D eigenvalue weighted by Gasteiger charge is -2.05.